The van der Waals surface area contributed by atoms with Gasteiger partial charge < -0.3 is 35.4 Å². The van der Waals surface area contributed by atoms with Gasteiger partial charge in [0.25, 0.3) is 0 Å². The number of fused-ring (bicyclic) bond motifs is 3. The van der Waals surface area contributed by atoms with E-state index < -0.39 is 59.5 Å². The van der Waals surface area contributed by atoms with Gasteiger partial charge in [-0.3, -0.25) is 19.3 Å². The molecular formula is C47H43N3O8. The van der Waals surface area contributed by atoms with Crippen LogP contribution >= 0.6 is 0 Å². The first-order chi connectivity index (χ1) is 28.4. The topological polar surface area (TPSA) is 158 Å². The predicted molar refractivity (Wildman–Crippen MR) is 215 cm³/mol. The smallest absolute Gasteiger partial charge is 0.324 e. The van der Waals surface area contributed by atoms with Gasteiger partial charge in [0.05, 0.1) is 37.3 Å². The number of nitrogens with zero attached hydrogens (tertiary/aromatic N) is 1. The summed E-state index contributed by atoms with van der Waals surface area (Å²) in [6.07, 6.45) is -1.69. The van der Waals surface area contributed by atoms with Crippen LogP contribution in [0.4, 0.5) is 5.69 Å². The fraction of sp³-hybridized carbons (Fsp3) is 0.255. The van der Waals surface area contributed by atoms with Crippen LogP contribution in [0.1, 0.15) is 64.1 Å². The molecule has 0 saturated carbocycles. The van der Waals surface area contributed by atoms with E-state index in [2.05, 4.69) is 22.5 Å². The molecule has 294 valence electrons. The number of morpholine rings is 1. The molecule has 5 aromatic rings. The molecule has 1 spiro atoms. The maximum Gasteiger partial charge on any atom is 0.324 e. The molecule has 3 heterocycles. The summed E-state index contributed by atoms with van der Waals surface area (Å²) in [6.45, 7) is -0.520. The molecule has 0 aliphatic carbocycles. The highest BCUT2D eigenvalue weighted by Gasteiger charge is 2.74. The molecule has 0 bridgehead atoms. The summed E-state index contributed by atoms with van der Waals surface area (Å²) >= 11 is 0. The van der Waals surface area contributed by atoms with Gasteiger partial charge in [0.1, 0.15) is 29.9 Å². The maximum atomic E-state index is 15.3. The number of aliphatic hydroxyl groups excluding tert-OH is 3. The number of benzene rings is 5. The van der Waals surface area contributed by atoms with Gasteiger partial charge in [-0.05, 0) is 58.1 Å². The fourth-order valence-corrected chi connectivity index (χ4v) is 8.93. The Labute approximate surface area is 336 Å². The zero-order valence-corrected chi connectivity index (χ0v) is 31.5. The molecule has 0 aromatic heterocycles. The molecule has 5 N–H and O–H groups in total. The van der Waals surface area contributed by atoms with Crippen LogP contribution in [0.25, 0.3) is 0 Å². The Morgan fingerprint density at radius 1 is 0.828 bits per heavy atom. The van der Waals surface area contributed by atoms with Gasteiger partial charge in [-0.25, -0.2) is 0 Å². The van der Waals surface area contributed by atoms with E-state index in [1.807, 2.05) is 77.7 Å². The summed E-state index contributed by atoms with van der Waals surface area (Å²) in [5, 5.41) is 36.3. The summed E-state index contributed by atoms with van der Waals surface area (Å²) in [5.41, 5.74) is 2.40. The molecule has 0 radical (unpaired) electrons. The number of cyclic esters (lactones) is 1. The van der Waals surface area contributed by atoms with E-state index in [0.29, 0.717) is 33.7 Å². The first-order valence-corrected chi connectivity index (χ1v) is 19.3. The van der Waals surface area contributed by atoms with Crippen molar-refractivity contribution in [2.75, 3.05) is 31.7 Å². The van der Waals surface area contributed by atoms with Crippen molar-refractivity contribution in [3.05, 3.63) is 167 Å². The van der Waals surface area contributed by atoms with Crippen LogP contribution in [0.15, 0.2) is 133 Å². The quantitative estimate of drug-likeness (QED) is 0.0929. The van der Waals surface area contributed by atoms with E-state index in [9.17, 15) is 20.1 Å². The minimum absolute atomic E-state index is 0.0224. The Bertz CT molecular complexity index is 2350. The Morgan fingerprint density at radius 3 is 2.22 bits per heavy atom. The van der Waals surface area contributed by atoms with Crippen LogP contribution in [0.3, 0.4) is 0 Å². The maximum absolute atomic E-state index is 15.3. The molecule has 7 atom stereocenters. The molecule has 7 unspecified atom stereocenters. The van der Waals surface area contributed by atoms with Crippen molar-refractivity contribution in [3.63, 3.8) is 0 Å². The van der Waals surface area contributed by atoms with E-state index in [-0.39, 0.29) is 32.8 Å². The van der Waals surface area contributed by atoms with Gasteiger partial charge in [-0.2, -0.15) is 0 Å². The van der Waals surface area contributed by atoms with E-state index in [1.165, 1.54) is 0 Å². The Hall–Kier alpha value is -6.29. The first-order valence-electron chi connectivity index (χ1n) is 19.3. The van der Waals surface area contributed by atoms with Crippen molar-refractivity contribution < 1.29 is 39.2 Å². The Kier molecular flexibility index (Phi) is 11.1. The molecule has 3 aliphatic rings. The van der Waals surface area contributed by atoms with Crippen LogP contribution in [0.2, 0.25) is 0 Å². The number of aliphatic hydroxyl groups is 3. The molecule has 2 amide bonds. The molecule has 58 heavy (non-hydrogen) atoms. The molecule has 5 aromatic carbocycles. The molecule has 11 nitrogen and oxygen atoms in total. The van der Waals surface area contributed by atoms with Gasteiger partial charge in [0.15, 0.2) is 0 Å². The van der Waals surface area contributed by atoms with Crippen LogP contribution in [-0.4, -0.2) is 70.4 Å². The second-order valence-electron chi connectivity index (χ2n) is 14.6. The zero-order valence-electron chi connectivity index (χ0n) is 31.5. The number of nitrogens with one attached hydrogen (secondary N) is 2. The minimum atomic E-state index is -1.77. The van der Waals surface area contributed by atoms with Crippen LogP contribution < -0.4 is 15.4 Å². The molecule has 2 fully saturated rings. The number of hydrogen-bond donors (Lipinski definition) is 5. The summed E-state index contributed by atoms with van der Waals surface area (Å²) in [6, 6.07) is 37.4. The number of esters is 1. The van der Waals surface area contributed by atoms with E-state index in [1.54, 1.807) is 60.7 Å². The highest BCUT2D eigenvalue weighted by molar-refractivity contribution is 6.12. The molecule has 8 rings (SSSR count). The van der Waals surface area contributed by atoms with Crippen molar-refractivity contribution in [2.45, 2.75) is 42.2 Å². The van der Waals surface area contributed by atoms with Crippen LogP contribution in [0, 0.1) is 17.8 Å². The second kappa shape index (κ2) is 16.7. The van der Waals surface area contributed by atoms with Gasteiger partial charge in [-0.15, -0.1) is 0 Å². The largest absolute Gasteiger partial charge is 0.491 e. The number of anilines is 1. The Balaban J connectivity index is 1.39. The van der Waals surface area contributed by atoms with E-state index in [4.69, 9.17) is 9.47 Å². The first kappa shape index (κ1) is 38.6. The SMILES string of the molecule is O=C1OC(c2ccccc2)C(c2ccccc2)N2C1C(C(=O)NCC(O)c1ccccc1)C1(C(=O)Nc3ccc(C#CCCO)cc31)C2c1cccc(OCCO)c1. The van der Waals surface area contributed by atoms with Crippen molar-refractivity contribution in [3.8, 4) is 17.6 Å². The summed E-state index contributed by atoms with van der Waals surface area (Å²) < 4.78 is 12.4. The lowest BCUT2D eigenvalue weighted by Gasteiger charge is -2.46. The lowest BCUT2D eigenvalue weighted by molar-refractivity contribution is -0.178. The lowest BCUT2D eigenvalue weighted by atomic mass is 9.65. The zero-order chi connectivity index (χ0) is 40.2. The average Bonchev–Trinajstić information content (AvgIpc) is 3.74. The summed E-state index contributed by atoms with van der Waals surface area (Å²) in [5.74, 6) is 3.29. The van der Waals surface area contributed by atoms with Crippen molar-refractivity contribution in [2.24, 2.45) is 5.92 Å². The standard InChI is InChI=1S/C47H43N3O8/c51-24-11-10-13-30-22-23-37-36(27-30)47(46(56)49-37)39(44(54)48-29-38(53)31-14-4-1-5-15-31)41-45(55)58-42(33-18-8-3-9-19-33)40(32-16-6-2-7-17-32)50(41)43(47)34-20-12-21-35(28-34)57-26-25-52/h1-9,12,14-23,27-28,38-43,51-53H,11,24-26,29H2,(H,48,54)(H,49,56). The van der Waals surface area contributed by atoms with E-state index >= 15 is 9.59 Å². The lowest BCUT2D eigenvalue weighted by Crippen LogP contribution is -2.55. The monoisotopic (exact) mass is 777 g/mol. The number of carbonyl (C=O) groups excluding carboxylic acids is 3. The van der Waals surface area contributed by atoms with Crippen molar-refractivity contribution in [1.29, 1.82) is 0 Å². The molecule has 2 saturated heterocycles. The van der Waals surface area contributed by atoms with Gasteiger partial charge in [0, 0.05) is 24.2 Å². The highest BCUT2D eigenvalue weighted by Crippen LogP contribution is 2.65. The number of amides is 2. The predicted octanol–water partition coefficient (Wildman–Crippen LogP) is 4.91. The second-order valence-corrected chi connectivity index (χ2v) is 14.6. The number of ether oxygens (including phenoxy) is 2. The van der Waals surface area contributed by atoms with Crippen LogP contribution in [0.5, 0.6) is 5.75 Å². The summed E-state index contributed by atoms with van der Waals surface area (Å²) in [4.78, 5) is 47.5. The summed E-state index contributed by atoms with van der Waals surface area (Å²) in [7, 11) is 0. The normalized spacial score (nSPS) is 23.8. The number of hydrogen-bond acceptors (Lipinski definition) is 9. The molecule has 3 aliphatic heterocycles. The molecular weight excluding hydrogens is 735 g/mol. The number of carbonyl (C=O) groups is 3. The average molecular weight is 778 g/mol. The molecule has 11 heteroatoms. The van der Waals surface area contributed by atoms with E-state index in [0.717, 1.165) is 11.1 Å². The highest BCUT2D eigenvalue weighted by atomic mass is 16.6. The van der Waals surface area contributed by atoms with Crippen molar-refractivity contribution >= 4 is 23.5 Å². The third kappa shape index (κ3) is 6.90. The van der Waals surface area contributed by atoms with Gasteiger partial charge in [0.2, 0.25) is 11.8 Å². The van der Waals surface area contributed by atoms with Gasteiger partial charge >= 0.3 is 5.97 Å². The third-order valence-corrected chi connectivity index (χ3v) is 11.2. The number of rotatable bonds is 11. The fourth-order valence-electron chi connectivity index (χ4n) is 8.93. The third-order valence-electron chi connectivity index (χ3n) is 11.2. The Morgan fingerprint density at radius 2 is 1.52 bits per heavy atom. The minimum Gasteiger partial charge on any atom is -0.491 e. The van der Waals surface area contributed by atoms with Gasteiger partial charge in [-0.1, -0.05) is 115 Å². The van der Waals surface area contributed by atoms with Crippen molar-refractivity contribution in [1.82, 2.24) is 10.2 Å². The van der Waals surface area contributed by atoms with Crippen LogP contribution in [-0.2, 0) is 24.5 Å².